The third-order valence-corrected chi connectivity index (χ3v) is 3.79. The summed E-state index contributed by atoms with van der Waals surface area (Å²) < 4.78 is 1.89. The standard InChI is InChI=1S/C19H11ClN5/c20-15-3-1-2-14(9-15)17-12-25-16(10-24-19(25)11-23-17)5-4-13-6-7-22-18(21)8-13/h1-2,6-12H,(H2,21,22). The van der Waals surface area contributed by atoms with Gasteiger partial charge in [-0.3, -0.25) is 9.38 Å². The zero-order valence-electron chi connectivity index (χ0n) is 12.9. The molecule has 1 aromatic carbocycles. The summed E-state index contributed by atoms with van der Waals surface area (Å²) in [6.07, 6.45) is 6.94. The minimum Gasteiger partial charge on any atom is -0.384 e. The Kier molecular flexibility index (Phi) is 3.81. The Labute approximate surface area is 149 Å². The topological polar surface area (TPSA) is 69.1 Å². The summed E-state index contributed by atoms with van der Waals surface area (Å²) in [5, 5.41) is 0.542. The number of anilines is 1. The van der Waals surface area contributed by atoms with Crippen LogP contribution in [0, 0.1) is 17.9 Å². The summed E-state index contributed by atoms with van der Waals surface area (Å²) in [6.45, 7) is 0. The van der Waals surface area contributed by atoms with E-state index >= 15 is 0 Å². The molecule has 0 amide bonds. The summed E-state index contributed by atoms with van der Waals surface area (Å²) in [4.78, 5) is 12.7. The van der Waals surface area contributed by atoms with Crippen molar-refractivity contribution in [2.45, 2.75) is 0 Å². The van der Waals surface area contributed by atoms with Crippen molar-refractivity contribution in [3.05, 3.63) is 77.5 Å². The predicted molar refractivity (Wildman–Crippen MR) is 96.9 cm³/mol. The molecule has 0 bridgehead atoms. The Hall–Kier alpha value is -3.36. The number of fused-ring (bicyclic) bond motifs is 1. The third-order valence-electron chi connectivity index (χ3n) is 3.57. The largest absolute Gasteiger partial charge is 0.384 e. The van der Waals surface area contributed by atoms with Crippen molar-refractivity contribution in [1.29, 1.82) is 0 Å². The molecule has 3 heterocycles. The molecule has 0 saturated carbocycles. The van der Waals surface area contributed by atoms with Gasteiger partial charge in [-0.2, -0.15) is 0 Å². The highest BCUT2D eigenvalue weighted by Gasteiger charge is 2.06. The molecule has 25 heavy (non-hydrogen) atoms. The first-order valence-electron chi connectivity index (χ1n) is 7.43. The normalized spacial score (nSPS) is 10.4. The van der Waals surface area contributed by atoms with Gasteiger partial charge in [0.1, 0.15) is 11.5 Å². The molecule has 119 valence electrons. The van der Waals surface area contributed by atoms with Crippen LogP contribution in [-0.2, 0) is 0 Å². The maximum atomic E-state index is 6.01. The lowest BCUT2D eigenvalue weighted by Gasteiger charge is -2.03. The van der Waals surface area contributed by atoms with Crippen molar-refractivity contribution in [1.82, 2.24) is 19.4 Å². The van der Waals surface area contributed by atoms with Crippen LogP contribution in [0.5, 0.6) is 0 Å². The predicted octanol–water partition coefficient (Wildman–Crippen LogP) is 3.23. The number of nitrogens with zero attached hydrogens (tertiary/aromatic N) is 4. The van der Waals surface area contributed by atoms with Gasteiger partial charge < -0.3 is 5.73 Å². The highest BCUT2D eigenvalue weighted by atomic mass is 35.5. The maximum Gasteiger partial charge on any atom is 0.156 e. The molecule has 4 aromatic rings. The first-order chi connectivity index (χ1) is 12.2. The van der Waals surface area contributed by atoms with E-state index in [9.17, 15) is 0 Å². The second-order valence-corrected chi connectivity index (χ2v) is 5.70. The van der Waals surface area contributed by atoms with Gasteiger partial charge in [0, 0.05) is 34.6 Å². The Morgan fingerprint density at radius 3 is 2.84 bits per heavy atom. The Bertz CT molecular complexity index is 1140. The maximum absolute atomic E-state index is 6.01. The number of rotatable bonds is 1. The molecule has 6 heteroatoms. The van der Waals surface area contributed by atoms with Crippen LogP contribution >= 0.6 is 11.6 Å². The van der Waals surface area contributed by atoms with Crippen LogP contribution in [0.25, 0.3) is 16.9 Å². The van der Waals surface area contributed by atoms with Crippen LogP contribution in [0.15, 0.2) is 55.1 Å². The molecule has 0 unspecified atom stereocenters. The van der Waals surface area contributed by atoms with Crippen molar-refractivity contribution >= 4 is 23.1 Å². The lowest BCUT2D eigenvalue weighted by atomic mass is 10.2. The molecule has 0 spiro atoms. The number of benzene rings is 1. The van der Waals surface area contributed by atoms with Gasteiger partial charge in [0.15, 0.2) is 5.65 Å². The highest BCUT2D eigenvalue weighted by Crippen LogP contribution is 2.21. The van der Waals surface area contributed by atoms with E-state index in [1.807, 2.05) is 28.8 Å². The number of imidazole rings is 1. The molecule has 0 fully saturated rings. The second-order valence-electron chi connectivity index (χ2n) is 5.29. The molecule has 0 aliphatic carbocycles. The average molecular weight is 345 g/mol. The monoisotopic (exact) mass is 344 g/mol. The molecular formula is C19H11ClN5. The van der Waals surface area contributed by atoms with Gasteiger partial charge in [0.05, 0.1) is 18.1 Å². The highest BCUT2D eigenvalue weighted by molar-refractivity contribution is 6.30. The number of pyridine rings is 1. The van der Waals surface area contributed by atoms with E-state index < -0.39 is 0 Å². The van der Waals surface area contributed by atoms with Gasteiger partial charge in [-0.25, -0.2) is 9.97 Å². The van der Waals surface area contributed by atoms with Crippen molar-refractivity contribution in [3.8, 4) is 23.1 Å². The molecular weight excluding hydrogens is 334 g/mol. The number of aromatic nitrogens is 4. The number of nitrogens with two attached hydrogens (primary N) is 1. The van der Waals surface area contributed by atoms with Crippen LogP contribution in [0.2, 0.25) is 5.02 Å². The van der Waals surface area contributed by atoms with E-state index in [4.69, 9.17) is 17.3 Å². The van der Waals surface area contributed by atoms with Gasteiger partial charge >= 0.3 is 0 Å². The summed E-state index contributed by atoms with van der Waals surface area (Å²) in [6, 6.07) is 11.9. The van der Waals surface area contributed by atoms with Gasteiger partial charge in [-0.05, 0) is 24.1 Å². The Morgan fingerprint density at radius 2 is 2.00 bits per heavy atom. The number of hydrogen-bond acceptors (Lipinski definition) is 4. The van der Waals surface area contributed by atoms with Crippen LogP contribution in [0.1, 0.15) is 11.3 Å². The summed E-state index contributed by atoms with van der Waals surface area (Å²) in [7, 11) is 0. The lowest BCUT2D eigenvalue weighted by molar-refractivity contribution is 1.12. The van der Waals surface area contributed by atoms with Gasteiger partial charge in [0.25, 0.3) is 0 Å². The van der Waals surface area contributed by atoms with E-state index in [2.05, 4.69) is 32.9 Å². The van der Waals surface area contributed by atoms with E-state index in [-0.39, 0.29) is 0 Å². The molecule has 0 atom stereocenters. The Balaban J connectivity index is 1.77. The molecule has 5 nitrogen and oxygen atoms in total. The molecule has 1 radical (unpaired) electrons. The molecule has 0 saturated heterocycles. The SMILES string of the molecule is Nc1cc(C#Cc2cnc3cnc(-c4cc[c]c(Cl)c4)cn23)ccn1. The van der Waals surface area contributed by atoms with Crippen molar-refractivity contribution < 1.29 is 0 Å². The van der Waals surface area contributed by atoms with Crippen molar-refractivity contribution in [2.75, 3.05) is 5.73 Å². The molecule has 0 aliphatic heterocycles. The Morgan fingerprint density at radius 1 is 1.08 bits per heavy atom. The summed E-state index contributed by atoms with van der Waals surface area (Å²) in [5.74, 6) is 6.62. The lowest BCUT2D eigenvalue weighted by Crippen LogP contribution is -1.93. The number of nitrogen functional groups attached to an aromatic ring is 1. The average Bonchev–Trinajstić information content (AvgIpc) is 3.02. The number of halogens is 1. The molecule has 2 N–H and O–H groups in total. The first kappa shape index (κ1) is 15.2. The summed E-state index contributed by atoms with van der Waals surface area (Å²) in [5.41, 5.74) is 9.62. The quantitative estimate of drug-likeness (QED) is 0.538. The minimum atomic E-state index is 0.439. The fourth-order valence-electron chi connectivity index (χ4n) is 2.39. The third kappa shape index (κ3) is 3.16. The van der Waals surface area contributed by atoms with Crippen molar-refractivity contribution in [3.63, 3.8) is 0 Å². The van der Waals surface area contributed by atoms with E-state index in [0.29, 0.717) is 10.8 Å². The van der Waals surface area contributed by atoms with Crippen molar-refractivity contribution in [2.24, 2.45) is 0 Å². The number of hydrogen-bond donors (Lipinski definition) is 1. The van der Waals surface area contributed by atoms with Crippen LogP contribution in [0.3, 0.4) is 0 Å². The van der Waals surface area contributed by atoms with Crippen LogP contribution in [-0.4, -0.2) is 19.4 Å². The molecule has 3 aromatic heterocycles. The van der Waals surface area contributed by atoms with Gasteiger partial charge in [-0.1, -0.05) is 29.7 Å². The second kappa shape index (κ2) is 6.27. The fraction of sp³-hybridized carbons (Fsp3) is 0. The van der Waals surface area contributed by atoms with E-state index in [1.165, 1.54) is 0 Å². The fourth-order valence-corrected chi connectivity index (χ4v) is 2.57. The van der Waals surface area contributed by atoms with Crippen LogP contribution in [0.4, 0.5) is 5.82 Å². The minimum absolute atomic E-state index is 0.439. The zero-order chi connectivity index (χ0) is 17.2. The molecule has 0 aliphatic rings. The zero-order valence-corrected chi connectivity index (χ0v) is 13.7. The first-order valence-corrected chi connectivity index (χ1v) is 7.81. The molecule has 4 rings (SSSR count). The summed E-state index contributed by atoms with van der Waals surface area (Å²) >= 11 is 6.01. The van der Waals surface area contributed by atoms with Crippen LogP contribution < -0.4 is 5.73 Å². The van der Waals surface area contributed by atoms with E-state index in [0.717, 1.165) is 28.2 Å². The smallest absolute Gasteiger partial charge is 0.156 e. The van der Waals surface area contributed by atoms with E-state index in [1.54, 1.807) is 30.7 Å². The van der Waals surface area contributed by atoms with Gasteiger partial charge in [-0.15, -0.1) is 0 Å². The van der Waals surface area contributed by atoms with Gasteiger partial charge in [0.2, 0.25) is 0 Å².